The van der Waals surface area contributed by atoms with Gasteiger partial charge in [0.25, 0.3) is 5.91 Å². The van der Waals surface area contributed by atoms with E-state index in [2.05, 4.69) is 9.80 Å². The second-order valence-electron chi connectivity index (χ2n) is 7.94. The smallest absolute Gasteiger partial charge is 0.253 e. The molecular formula is C21H30N4O2. The summed E-state index contributed by atoms with van der Waals surface area (Å²) in [6.07, 6.45) is 4.03. The molecule has 2 amide bonds. The summed E-state index contributed by atoms with van der Waals surface area (Å²) in [4.78, 5) is 33.8. The van der Waals surface area contributed by atoms with Crippen molar-refractivity contribution in [3.05, 3.63) is 35.9 Å². The highest BCUT2D eigenvalue weighted by Crippen LogP contribution is 2.25. The maximum Gasteiger partial charge on any atom is 0.253 e. The fourth-order valence-electron chi connectivity index (χ4n) is 4.25. The molecule has 0 radical (unpaired) electrons. The lowest BCUT2D eigenvalue weighted by atomic mass is 9.91. The zero-order valence-electron chi connectivity index (χ0n) is 16.1. The Kier molecular flexibility index (Phi) is 5.74. The van der Waals surface area contributed by atoms with E-state index in [1.165, 1.54) is 19.3 Å². The van der Waals surface area contributed by atoms with Crippen molar-refractivity contribution in [2.24, 2.45) is 0 Å². The number of hydrogen-bond donors (Lipinski definition) is 0. The van der Waals surface area contributed by atoms with Crippen LogP contribution in [0.25, 0.3) is 0 Å². The fourth-order valence-corrected chi connectivity index (χ4v) is 4.25. The predicted molar refractivity (Wildman–Crippen MR) is 105 cm³/mol. The molecule has 0 aromatic heterocycles. The first-order valence-electron chi connectivity index (χ1n) is 10.3. The molecule has 1 aliphatic carbocycles. The van der Waals surface area contributed by atoms with Crippen LogP contribution in [0.4, 0.5) is 0 Å². The molecule has 3 aliphatic rings. The SMILES string of the molecule is O=C(CN1CCN(C(=O)c2ccccc2)CC1)N1CCN(C2CCC2)CC1. The minimum Gasteiger partial charge on any atom is -0.339 e. The molecule has 2 saturated heterocycles. The van der Waals surface area contributed by atoms with E-state index in [0.717, 1.165) is 50.9 Å². The summed E-state index contributed by atoms with van der Waals surface area (Å²) < 4.78 is 0. The Morgan fingerprint density at radius 2 is 1.44 bits per heavy atom. The number of hydrogen-bond acceptors (Lipinski definition) is 4. The molecule has 146 valence electrons. The van der Waals surface area contributed by atoms with Gasteiger partial charge in [-0.2, -0.15) is 0 Å². The van der Waals surface area contributed by atoms with Crippen molar-refractivity contribution in [1.82, 2.24) is 19.6 Å². The van der Waals surface area contributed by atoms with Gasteiger partial charge in [0.05, 0.1) is 6.54 Å². The minimum atomic E-state index is 0.0914. The number of carbonyl (C=O) groups excluding carboxylic acids is 2. The van der Waals surface area contributed by atoms with E-state index in [9.17, 15) is 9.59 Å². The van der Waals surface area contributed by atoms with Crippen LogP contribution < -0.4 is 0 Å². The Bertz CT molecular complexity index is 645. The summed E-state index contributed by atoms with van der Waals surface area (Å²) in [5.74, 6) is 0.333. The summed E-state index contributed by atoms with van der Waals surface area (Å²) in [7, 11) is 0. The number of carbonyl (C=O) groups is 2. The maximum atomic E-state index is 12.6. The molecule has 2 heterocycles. The maximum absolute atomic E-state index is 12.6. The summed E-state index contributed by atoms with van der Waals surface area (Å²) in [5.41, 5.74) is 0.742. The molecule has 4 rings (SSSR count). The third kappa shape index (κ3) is 4.33. The van der Waals surface area contributed by atoms with Crippen LogP contribution in [0.3, 0.4) is 0 Å². The van der Waals surface area contributed by atoms with Gasteiger partial charge in [-0.1, -0.05) is 24.6 Å². The minimum absolute atomic E-state index is 0.0914. The standard InChI is InChI=1S/C21H30N4O2/c26-20(24-15-13-23(14-16-24)19-7-4-8-19)17-22-9-11-25(12-10-22)21(27)18-5-2-1-3-6-18/h1-3,5-6,19H,4,7-17H2. The van der Waals surface area contributed by atoms with E-state index in [-0.39, 0.29) is 11.8 Å². The van der Waals surface area contributed by atoms with Crippen molar-refractivity contribution in [2.45, 2.75) is 25.3 Å². The second-order valence-corrected chi connectivity index (χ2v) is 7.94. The lowest BCUT2D eigenvalue weighted by molar-refractivity contribution is -0.135. The molecule has 0 unspecified atom stereocenters. The van der Waals surface area contributed by atoms with Crippen molar-refractivity contribution in [1.29, 1.82) is 0 Å². The van der Waals surface area contributed by atoms with Crippen molar-refractivity contribution in [3.63, 3.8) is 0 Å². The van der Waals surface area contributed by atoms with Gasteiger partial charge in [-0.25, -0.2) is 0 Å². The van der Waals surface area contributed by atoms with Crippen LogP contribution in [0.15, 0.2) is 30.3 Å². The quantitative estimate of drug-likeness (QED) is 0.798. The van der Waals surface area contributed by atoms with Gasteiger partial charge in [0, 0.05) is 64.0 Å². The van der Waals surface area contributed by atoms with Gasteiger partial charge in [0.15, 0.2) is 0 Å². The average Bonchev–Trinajstić information content (AvgIpc) is 2.68. The summed E-state index contributed by atoms with van der Waals surface area (Å²) in [5, 5.41) is 0. The number of rotatable bonds is 4. The molecular weight excluding hydrogens is 340 g/mol. The predicted octanol–water partition coefficient (Wildman–Crippen LogP) is 1.14. The highest BCUT2D eigenvalue weighted by atomic mass is 16.2. The Morgan fingerprint density at radius 1 is 0.815 bits per heavy atom. The highest BCUT2D eigenvalue weighted by Gasteiger charge is 2.30. The number of nitrogens with zero attached hydrogens (tertiary/aromatic N) is 4. The third-order valence-electron chi connectivity index (χ3n) is 6.30. The molecule has 3 fully saturated rings. The molecule has 1 saturated carbocycles. The largest absolute Gasteiger partial charge is 0.339 e. The van der Waals surface area contributed by atoms with E-state index < -0.39 is 0 Å². The molecule has 6 heteroatoms. The van der Waals surface area contributed by atoms with Crippen molar-refractivity contribution in [2.75, 3.05) is 58.9 Å². The molecule has 0 atom stereocenters. The van der Waals surface area contributed by atoms with E-state index in [1.54, 1.807) is 0 Å². The van der Waals surface area contributed by atoms with Gasteiger partial charge in [-0.3, -0.25) is 19.4 Å². The zero-order chi connectivity index (χ0) is 18.6. The first kappa shape index (κ1) is 18.4. The topological polar surface area (TPSA) is 47.1 Å². The van der Waals surface area contributed by atoms with Gasteiger partial charge >= 0.3 is 0 Å². The number of benzene rings is 1. The van der Waals surface area contributed by atoms with Gasteiger partial charge in [-0.05, 0) is 25.0 Å². The van der Waals surface area contributed by atoms with Crippen LogP contribution in [-0.4, -0.2) is 96.4 Å². The van der Waals surface area contributed by atoms with E-state index in [0.29, 0.717) is 19.6 Å². The Hall–Kier alpha value is -1.92. The van der Waals surface area contributed by atoms with Crippen LogP contribution in [0.1, 0.15) is 29.6 Å². The monoisotopic (exact) mass is 370 g/mol. The number of amides is 2. The lowest BCUT2D eigenvalue weighted by Crippen LogP contribution is -2.56. The molecule has 2 aliphatic heterocycles. The van der Waals surface area contributed by atoms with Crippen LogP contribution in [0, 0.1) is 0 Å². The first-order valence-corrected chi connectivity index (χ1v) is 10.3. The molecule has 1 aromatic rings. The van der Waals surface area contributed by atoms with Crippen molar-refractivity contribution < 1.29 is 9.59 Å². The van der Waals surface area contributed by atoms with Gasteiger partial charge < -0.3 is 9.80 Å². The first-order chi connectivity index (χ1) is 13.2. The van der Waals surface area contributed by atoms with E-state index in [4.69, 9.17) is 0 Å². The van der Waals surface area contributed by atoms with Crippen molar-refractivity contribution in [3.8, 4) is 0 Å². The molecule has 0 spiro atoms. The summed E-state index contributed by atoms with van der Waals surface area (Å²) in [6, 6.07) is 10.2. The Labute approximate surface area is 161 Å². The van der Waals surface area contributed by atoms with Crippen LogP contribution >= 0.6 is 0 Å². The third-order valence-corrected chi connectivity index (χ3v) is 6.30. The highest BCUT2D eigenvalue weighted by molar-refractivity contribution is 5.94. The van der Waals surface area contributed by atoms with Gasteiger partial charge in [0.1, 0.15) is 0 Å². The molecule has 0 bridgehead atoms. The van der Waals surface area contributed by atoms with E-state index >= 15 is 0 Å². The Morgan fingerprint density at radius 3 is 2.04 bits per heavy atom. The normalized spacial score (nSPS) is 22.5. The van der Waals surface area contributed by atoms with Crippen molar-refractivity contribution >= 4 is 11.8 Å². The summed E-state index contributed by atoms with van der Waals surface area (Å²) >= 11 is 0. The Balaban J connectivity index is 1.20. The van der Waals surface area contributed by atoms with Gasteiger partial charge in [0.2, 0.25) is 5.91 Å². The second kappa shape index (κ2) is 8.40. The van der Waals surface area contributed by atoms with E-state index in [1.807, 2.05) is 40.1 Å². The molecule has 6 nitrogen and oxygen atoms in total. The lowest BCUT2D eigenvalue weighted by Gasteiger charge is -2.43. The van der Waals surface area contributed by atoms with Crippen LogP contribution in [0.2, 0.25) is 0 Å². The van der Waals surface area contributed by atoms with Crippen LogP contribution in [0.5, 0.6) is 0 Å². The molecule has 0 N–H and O–H groups in total. The van der Waals surface area contributed by atoms with Crippen LogP contribution in [-0.2, 0) is 4.79 Å². The molecule has 1 aromatic carbocycles. The average molecular weight is 370 g/mol. The molecule has 27 heavy (non-hydrogen) atoms. The van der Waals surface area contributed by atoms with Gasteiger partial charge in [-0.15, -0.1) is 0 Å². The summed E-state index contributed by atoms with van der Waals surface area (Å²) in [6.45, 7) is 7.18. The zero-order valence-corrected chi connectivity index (χ0v) is 16.1. The fraction of sp³-hybridized carbons (Fsp3) is 0.619. The number of piperazine rings is 2.